The molecule has 3 heterocycles. The number of thioether (sulfide) groups is 1. The standard InChI is InChI=1S/C30H24ClN3O6S2/c1-15-4-3-5-17(12-15)32-22(35)14-40-21-11-6-16(31)13-20(21)23-24-26(41-27-25(23)42-30(38)33-27)29(37)34(28(24)36)18-7-9-19(39-2)10-8-18/h3-13,23-24,26H,14H2,1-2H3,(H,32,35)(H,33,38)/t23-,24?,26?/m1/s1. The van der Waals surface area contributed by atoms with Crippen molar-refractivity contribution in [3.63, 3.8) is 0 Å². The number of hydrogen-bond donors (Lipinski definition) is 2. The minimum Gasteiger partial charge on any atom is -0.497 e. The molecule has 2 aliphatic rings. The highest BCUT2D eigenvalue weighted by atomic mass is 35.5. The number of hydrogen-bond acceptors (Lipinski definition) is 8. The van der Waals surface area contributed by atoms with Crippen LogP contribution in [0.1, 0.15) is 21.9 Å². The molecule has 0 saturated carbocycles. The first-order valence-electron chi connectivity index (χ1n) is 12.9. The first kappa shape index (κ1) is 28.1. The number of ether oxygens (including phenoxy) is 2. The molecular weight excluding hydrogens is 598 g/mol. The van der Waals surface area contributed by atoms with Crippen molar-refractivity contribution < 1.29 is 23.9 Å². The molecule has 42 heavy (non-hydrogen) atoms. The Balaban J connectivity index is 1.36. The molecule has 3 atom stereocenters. The average molecular weight is 622 g/mol. The molecule has 4 aromatic rings. The third-order valence-electron chi connectivity index (χ3n) is 7.12. The van der Waals surface area contributed by atoms with Gasteiger partial charge in [-0.3, -0.25) is 19.2 Å². The fourth-order valence-electron chi connectivity index (χ4n) is 5.29. The van der Waals surface area contributed by atoms with Gasteiger partial charge in [0, 0.05) is 27.1 Å². The first-order valence-corrected chi connectivity index (χ1v) is 15.0. The van der Waals surface area contributed by atoms with Crippen LogP contribution >= 0.6 is 34.7 Å². The zero-order valence-corrected chi connectivity index (χ0v) is 24.8. The number of nitrogens with one attached hydrogen (secondary N) is 2. The maximum atomic E-state index is 14.0. The lowest BCUT2D eigenvalue weighted by Gasteiger charge is -2.31. The average Bonchev–Trinajstić information content (AvgIpc) is 3.46. The Morgan fingerprint density at radius 1 is 1.05 bits per heavy atom. The number of amides is 3. The van der Waals surface area contributed by atoms with Crippen LogP contribution in [0.3, 0.4) is 0 Å². The second kappa shape index (κ2) is 11.3. The Morgan fingerprint density at radius 3 is 2.57 bits per heavy atom. The third-order valence-corrected chi connectivity index (χ3v) is 9.76. The topological polar surface area (TPSA) is 118 Å². The minimum atomic E-state index is -0.842. The normalized spacial score (nSPS) is 19.3. The molecule has 12 heteroatoms. The summed E-state index contributed by atoms with van der Waals surface area (Å²) in [4.78, 5) is 57.3. The van der Waals surface area contributed by atoms with Crippen molar-refractivity contribution in [3.8, 4) is 11.5 Å². The van der Waals surface area contributed by atoms with Crippen molar-refractivity contribution in [2.45, 2.75) is 23.1 Å². The van der Waals surface area contributed by atoms with Gasteiger partial charge in [0.2, 0.25) is 11.8 Å². The van der Waals surface area contributed by atoms with E-state index in [2.05, 4.69) is 10.3 Å². The highest BCUT2D eigenvalue weighted by Crippen LogP contribution is 2.54. The fourth-order valence-corrected chi connectivity index (χ4v) is 7.98. The molecule has 0 bridgehead atoms. The van der Waals surface area contributed by atoms with Gasteiger partial charge in [-0.05, 0) is 67.1 Å². The molecule has 6 rings (SSSR count). The van der Waals surface area contributed by atoms with E-state index in [-0.39, 0.29) is 23.3 Å². The van der Waals surface area contributed by atoms with Gasteiger partial charge in [0.25, 0.3) is 5.91 Å². The number of benzene rings is 3. The van der Waals surface area contributed by atoms with Crippen molar-refractivity contribution >= 4 is 63.8 Å². The van der Waals surface area contributed by atoms with Gasteiger partial charge < -0.3 is 19.8 Å². The second-order valence-corrected chi connectivity index (χ2v) is 12.5. The van der Waals surface area contributed by atoms with Crippen LogP contribution in [-0.4, -0.2) is 41.7 Å². The van der Waals surface area contributed by atoms with Crippen LogP contribution < -0.4 is 24.6 Å². The Bertz CT molecular complexity index is 1770. The number of carbonyl (C=O) groups is 3. The Hall–Kier alpha value is -4.06. The highest BCUT2D eigenvalue weighted by Gasteiger charge is 2.56. The lowest BCUT2D eigenvalue weighted by atomic mass is 9.82. The van der Waals surface area contributed by atoms with Gasteiger partial charge in [0.1, 0.15) is 16.7 Å². The Morgan fingerprint density at radius 2 is 1.83 bits per heavy atom. The van der Waals surface area contributed by atoms with E-state index >= 15 is 0 Å². The SMILES string of the molecule is COc1ccc(N2C(=O)C3Sc4[nH]c(=O)sc4[C@H](c4cc(Cl)ccc4OCC(=O)Nc4cccc(C)c4)C3C2=O)cc1. The smallest absolute Gasteiger partial charge is 0.305 e. The molecule has 0 aliphatic carbocycles. The second-order valence-electron chi connectivity index (χ2n) is 9.85. The maximum Gasteiger partial charge on any atom is 0.305 e. The number of aryl methyl sites for hydroxylation is 1. The fraction of sp³-hybridized carbons (Fsp3) is 0.200. The summed E-state index contributed by atoms with van der Waals surface area (Å²) in [5, 5.41) is 2.92. The predicted molar refractivity (Wildman–Crippen MR) is 162 cm³/mol. The summed E-state index contributed by atoms with van der Waals surface area (Å²) in [6, 6.07) is 19.0. The number of H-pyrrole nitrogens is 1. The van der Waals surface area contributed by atoms with Crippen molar-refractivity contribution in [1.82, 2.24) is 4.98 Å². The third kappa shape index (κ3) is 5.19. The first-order chi connectivity index (χ1) is 20.2. The number of aromatic nitrogens is 1. The van der Waals surface area contributed by atoms with E-state index in [1.165, 1.54) is 23.8 Å². The molecule has 2 N–H and O–H groups in total. The molecule has 9 nitrogen and oxygen atoms in total. The summed E-state index contributed by atoms with van der Waals surface area (Å²) in [6.45, 7) is 1.62. The number of imide groups is 1. The maximum absolute atomic E-state index is 14.0. The van der Waals surface area contributed by atoms with Crippen LogP contribution in [0.25, 0.3) is 0 Å². The molecule has 2 unspecified atom stereocenters. The molecule has 2 aliphatic heterocycles. The quantitative estimate of drug-likeness (QED) is 0.272. The lowest BCUT2D eigenvalue weighted by molar-refractivity contribution is -0.122. The summed E-state index contributed by atoms with van der Waals surface area (Å²) < 4.78 is 11.2. The van der Waals surface area contributed by atoms with Gasteiger partial charge >= 0.3 is 4.87 Å². The van der Waals surface area contributed by atoms with Gasteiger partial charge in [-0.2, -0.15) is 0 Å². The summed E-state index contributed by atoms with van der Waals surface area (Å²) in [7, 11) is 1.53. The number of aromatic amines is 1. The van der Waals surface area contributed by atoms with E-state index in [0.29, 0.717) is 43.4 Å². The number of fused-ring (bicyclic) bond motifs is 2. The van der Waals surface area contributed by atoms with E-state index in [1.54, 1.807) is 48.5 Å². The summed E-state index contributed by atoms with van der Waals surface area (Å²) >= 11 is 8.59. The summed E-state index contributed by atoms with van der Waals surface area (Å²) in [6.07, 6.45) is 0. The van der Waals surface area contributed by atoms with E-state index < -0.39 is 23.0 Å². The molecule has 0 spiro atoms. The molecule has 3 aromatic carbocycles. The van der Waals surface area contributed by atoms with Gasteiger partial charge in [-0.25, -0.2) is 4.90 Å². The molecule has 0 radical (unpaired) electrons. The van der Waals surface area contributed by atoms with Gasteiger partial charge in [0.15, 0.2) is 6.61 Å². The monoisotopic (exact) mass is 621 g/mol. The highest BCUT2D eigenvalue weighted by molar-refractivity contribution is 8.00. The van der Waals surface area contributed by atoms with Crippen LogP contribution in [0.2, 0.25) is 5.02 Å². The number of methoxy groups -OCH3 is 1. The zero-order chi connectivity index (χ0) is 29.5. The van der Waals surface area contributed by atoms with Gasteiger partial charge in [-0.1, -0.05) is 46.8 Å². The molecule has 1 saturated heterocycles. The number of rotatable bonds is 7. The Labute approximate surface area is 253 Å². The van der Waals surface area contributed by atoms with Crippen LogP contribution in [0.5, 0.6) is 11.5 Å². The molecule has 214 valence electrons. The van der Waals surface area contributed by atoms with Crippen molar-refractivity contribution in [2.24, 2.45) is 5.92 Å². The number of thiazole rings is 1. The molecule has 1 fully saturated rings. The Kier molecular flexibility index (Phi) is 7.56. The molecular formula is C30H24ClN3O6S2. The number of nitrogens with zero attached hydrogens (tertiary/aromatic N) is 1. The number of carbonyl (C=O) groups excluding carboxylic acids is 3. The molecule has 1 aromatic heterocycles. The van der Waals surface area contributed by atoms with Gasteiger partial charge in [0.05, 0.1) is 23.7 Å². The van der Waals surface area contributed by atoms with E-state index in [1.807, 2.05) is 25.1 Å². The van der Waals surface area contributed by atoms with Gasteiger partial charge in [-0.15, -0.1) is 0 Å². The van der Waals surface area contributed by atoms with E-state index in [4.69, 9.17) is 21.1 Å². The van der Waals surface area contributed by atoms with E-state index in [0.717, 1.165) is 16.9 Å². The summed E-state index contributed by atoms with van der Waals surface area (Å²) in [5.41, 5.74) is 2.57. The van der Waals surface area contributed by atoms with Crippen molar-refractivity contribution in [1.29, 1.82) is 0 Å². The zero-order valence-electron chi connectivity index (χ0n) is 22.4. The van der Waals surface area contributed by atoms with Crippen molar-refractivity contribution in [3.05, 3.63) is 97.4 Å². The van der Waals surface area contributed by atoms with Crippen LogP contribution in [0.15, 0.2) is 76.6 Å². The number of halogens is 1. The van der Waals surface area contributed by atoms with Crippen LogP contribution in [0.4, 0.5) is 11.4 Å². The van der Waals surface area contributed by atoms with Crippen LogP contribution in [-0.2, 0) is 14.4 Å². The number of anilines is 2. The van der Waals surface area contributed by atoms with Crippen LogP contribution in [0, 0.1) is 12.8 Å². The lowest BCUT2D eigenvalue weighted by Crippen LogP contribution is -2.32. The summed E-state index contributed by atoms with van der Waals surface area (Å²) in [5.74, 6) is -1.80. The van der Waals surface area contributed by atoms with Crippen molar-refractivity contribution in [2.75, 3.05) is 23.9 Å². The minimum absolute atomic E-state index is 0.300. The largest absolute Gasteiger partial charge is 0.497 e. The predicted octanol–water partition coefficient (Wildman–Crippen LogP) is 5.22. The van der Waals surface area contributed by atoms with E-state index in [9.17, 15) is 19.2 Å². The molecule has 3 amide bonds.